The lowest BCUT2D eigenvalue weighted by Gasteiger charge is -2.33. The molecule has 4 N–H and O–H groups in total. The molecule has 6 nitrogen and oxygen atoms in total. The van der Waals surface area contributed by atoms with Gasteiger partial charge < -0.3 is 21.1 Å². The van der Waals surface area contributed by atoms with Crippen molar-refractivity contribution in [2.75, 3.05) is 29.9 Å². The monoisotopic (exact) mass is 289 g/mol. The second-order valence-electron chi connectivity index (χ2n) is 5.71. The molecule has 6 heteroatoms. The minimum absolute atomic E-state index is 0.236. The predicted molar refractivity (Wildman–Crippen MR) is 79.0 cm³/mol. The number of aliphatic hydroxyl groups is 1. The van der Waals surface area contributed by atoms with Crippen molar-refractivity contribution < 1.29 is 14.7 Å². The largest absolute Gasteiger partial charge is 0.396 e. The number of nitrogens with zero attached hydrogens (tertiary/aromatic N) is 1. The van der Waals surface area contributed by atoms with Gasteiger partial charge in [-0.2, -0.15) is 0 Å². The predicted octanol–water partition coefficient (Wildman–Crippen LogP) is 0.416. The summed E-state index contributed by atoms with van der Waals surface area (Å²) in [6.07, 6.45) is 1.90. The maximum Gasteiger partial charge on any atom is 0.241 e. The zero-order valence-corrected chi connectivity index (χ0v) is 11.7. The minimum Gasteiger partial charge on any atom is -0.396 e. The standard InChI is InChI=1S/C15H19N3O3/c16-14(20)13-11-7-10(1-2-12(11)17-15(13)21)18-5-3-9(8-19)4-6-18/h1-2,7,9,13,19H,3-6,8H2,(H2,16,20)(H,17,21). The molecular weight excluding hydrogens is 270 g/mol. The van der Waals surface area contributed by atoms with E-state index in [1.165, 1.54) is 0 Å². The van der Waals surface area contributed by atoms with Gasteiger partial charge in [-0.05, 0) is 42.5 Å². The van der Waals surface area contributed by atoms with Crippen molar-refractivity contribution in [3.63, 3.8) is 0 Å². The Bertz CT molecular complexity index is 580. The molecule has 0 bridgehead atoms. The highest BCUT2D eigenvalue weighted by Gasteiger charge is 2.35. The number of primary amides is 1. The second kappa shape index (κ2) is 5.37. The summed E-state index contributed by atoms with van der Waals surface area (Å²) in [7, 11) is 0. The van der Waals surface area contributed by atoms with E-state index in [1.807, 2.05) is 18.2 Å². The van der Waals surface area contributed by atoms with Crippen LogP contribution >= 0.6 is 0 Å². The molecule has 1 aromatic rings. The molecule has 0 radical (unpaired) electrons. The third kappa shape index (κ3) is 2.47. The first kappa shape index (κ1) is 13.9. The first-order chi connectivity index (χ1) is 10.1. The number of anilines is 2. The highest BCUT2D eigenvalue weighted by Crippen LogP contribution is 2.36. The second-order valence-corrected chi connectivity index (χ2v) is 5.71. The molecule has 1 aromatic carbocycles. The van der Waals surface area contributed by atoms with Crippen LogP contribution in [0.25, 0.3) is 0 Å². The van der Waals surface area contributed by atoms with Crippen LogP contribution in [-0.4, -0.2) is 36.6 Å². The molecule has 3 rings (SSSR count). The van der Waals surface area contributed by atoms with Crippen molar-refractivity contribution in [3.8, 4) is 0 Å². The van der Waals surface area contributed by atoms with Gasteiger partial charge in [0.25, 0.3) is 0 Å². The summed E-state index contributed by atoms with van der Waals surface area (Å²) >= 11 is 0. The molecule has 21 heavy (non-hydrogen) atoms. The number of carbonyl (C=O) groups excluding carboxylic acids is 2. The zero-order valence-electron chi connectivity index (χ0n) is 11.7. The molecule has 2 heterocycles. The number of piperidine rings is 1. The van der Waals surface area contributed by atoms with Crippen molar-refractivity contribution in [1.82, 2.24) is 0 Å². The topological polar surface area (TPSA) is 95.7 Å². The Balaban J connectivity index is 1.84. The van der Waals surface area contributed by atoms with Crippen LogP contribution in [0.4, 0.5) is 11.4 Å². The van der Waals surface area contributed by atoms with E-state index in [2.05, 4.69) is 10.2 Å². The fourth-order valence-electron chi connectivity index (χ4n) is 3.10. The summed E-state index contributed by atoms with van der Waals surface area (Å²) in [5, 5.41) is 11.9. The van der Waals surface area contributed by atoms with Gasteiger partial charge in [-0.3, -0.25) is 9.59 Å². The van der Waals surface area contributed by atoms with E-state index in [-0.39, 0.29) is 12.5 Å². The normalized spacial score (nSPS) is 22.0. The molecule has 0 aromatic heterocycles. The number of hydrogen-bond donors (Lipinski definition) is 3. The molecule has 2 amide bonds. The lowest BCUT2D eigenvalue weighted by Crippen LogP contribution is -2.34. The van der Waals surface area contributed by atoms with Crippen molar-refractivity contribution in [1.29, 1.82) is 0 Å². The van der Waals surface area contributed by atoms with E-state index in [9.17, 15) is 14.7 Å². The van der Waals surface area contributed by atoms with Gasteiger partial charge in [0.05, 0.1) is 0 Å². The fraction of sp³-hybridized carbons (Fsp3) is 0.467. The highest BCUT2D eigenvalue weighted by molar-refractivity contribution is 6.16. The Morgan fingerprint density at radius 2 is 2.10 bits per heavy atom. The van der Waals surface area contributed by atoms with Crippen molar-refractivity contribution >= 4 is 23.2 Å². The quantitative estimate of drug-likeness (QED) is 0.703. The maximum atomic E-state index is 11.8. The molecule has 1 saturated heterocycles. The van der Waals surface area contributed by atoms with Crippen LogP contribution in [0.15, 0.2) is 18.2 Å². The number of hydrogen-bond acceptors (Lipinski definition) is 4. The summed E-state index contributed by atoms with van der Waals surface area (Å²) in [6, 6.07) is 5.65. The van der Waals surface area contributed by atoms with E-state index >= 15 is 0 Å². The van der Waals surface area contributed by atoms with Gasteiger partial charge in [-0.15, -0.1) is 0 Å². The van der Waals surface area contributed by atoms with Crippen molar-refractivity contribution in [3.05, 3.63) is 23.8 Å². The summed E-state index contributed by atoms with van der Waals surface area (Å²) < 4.78 is 0. The molecule has 1 atom stereocenters. The van der Waals surface area contributed by atoms with Gasteiger partial charge in [0.2, 0.25) is 11.8 Å². The summed E-state index contributed by atoms with van der Waals surface area (Å²) in [6.45, 7) is 1.97. The van der Waals surface area contributed by atoms with Crippen LogP contribution in [0.5, 0.6) is 0 Å². The third-order valence-corrected chi connectivity index (χ3v) is 4.39. The molecule has 0 spiro atoms. The minimum atomic E-state index is -0.894. The number of nitrogens with one attached hydrogen (secondary N) is 1. The van der Waals surface area contributed by atoms with Gasteiger partial charge in [0.1, 0.15) is 5.92 Å². The fourth-order valence-corrected chi connectivity index (χ4v) is 3.10. The van der Waals surface area contributed by atoms with Crippen LogP contribution in [0.2, 0.25) is 0 Å². The van der Waals surface area contributed by atoms with Crippen LogP contribution in [0, 0.1) is 5.92 Å². The van der Waals surface area contributed by atoms with Gasteiger partial charge in [-0.1, -0.05) is 0 Å². The van der Waals surface area contributed by atoms with E-state index < -0.39 is 11.8 Å². The smallest absolute Gasteiger partial charge is 0.241 e. The van der Waals surface area contributed by atoms with E-state index in [1.54, 1.807) is 0 Å². The lowest BCUT2D eigenvalue weighted by atomic mass is 9.96. The third-order valence-electron chi connectivity index (χ3n) is 4.39. The van der Waals surface area contributed by atoms with Crippen molar-refractivity contribution in [2.45, 2.75) is 18.8 Å². The number of fused-ring (bicyclic) bond motifs is 1. The lowest BCUT2D eigenvalue weighted by molar-refractivity contribution is -0.126. The van der Waals surface area contributed by atoms with Gasteiger partial charge >= 0.3 is 0 Å². The van der Waals surface area contributed by atoms with Crippen LogP contribution in [0.1, 0.15) is 24.3 Å². The number of benzene rings is 1. The van der Waals surface area contributed by atoms with E-state index in [0.717, 1.165) is 31.6 Å². The summed E-state index contributed by atoms with van der Waals surface area (Å²) in [4.78, 5) is 25.5. The SMILES string of the molecule is NC(=O)C1C(=O)Nc2ccc(N3CCC(CO)CC3)cc21. The molecular formula is C15H19N3O3. The Morgan fingerprint density at radius 1 is 1.38 bits per heavy atom. The summed E-state index contributed by atoms with van der Waals surface area (Å²) in [5.74, 6) is -1.50. The van der Waals surface area contributed by atoms with Crippen molar-refractivity contribution in [2.24, 2.45) is 11.7 Å². The summed E-state index contributed by atoms with van der Waals surface area (Å²) in [5.41, 5.74) is 7.65. The molecule has 2 aliphatic rings. The van der Waals surface area contributed by atoms with Crippen LogP contribution in [0.3, 0.4) is 0 Å². The molecule has 0 aliphatic carbocycles. The Kier molecular flexibility index (Phi) is 3.55. The molecule has 112 valence electrons. The van der Waals surface area contributed by atoms with Gasteiger partial charge in [-0.25, -0.2) is 0 Å². The molecule has 1 unspecified atom stereocenters. The average molecular weight is 289 g/mol. The first-order valence-electron chi connectivity index (χ1n) is 7.20. The molecule has 2 aliphatic heterocycles. The zero-order chi connectivity index (χ0) is 15.0. The molecule has 0 saturated carbocycles. The molecule has 1 fully saturated rings. The Morgan fingerprint density at radius 3 is 2.71 bits per heavy atom. The average Bonchev–Trinajstić information content (AvgIpc) is 2.82. The number of rotatable bonds is 3. The van der Waals surface area contributed by atoms with Crippen LogP contribution < -0.4 is 16.0 Å². The van der Waals surface area contributed by atoms with Gasteiger partial charge in [0.15, 0.2) is 0 Å². The first-order valence-corrected chi connectivity index (χ1v) is 7.20. The highest BCUT2D eigenvalue weighted by atomic mass is 16.3. The Hall–Kier alpha value is -2.08. The maximum absolute atomic E-state index is 11.8. The van der Waals surface area contributed by atoms with Crippen LogP contribution in [-0.2, 0) is 9.59 Å². The van der Waals surface area contributed by atoms with E-state index in [0.29, 0.717) is 17.2 Å². The number of amides is 2. The van der Waals surface area contributed by atoms with Gasteiger partial charge in [0, 0.05) is 31.1 Å². The number of carbonyl (C=O) groups is 2. The Labute approximate surface area is 122 Å². The number of aliphatic hydroxyl groups excluding tert-OH is 1. The van der Waals surface area contributed by atoms with E-state index in [4.69, 9.17) is 5.73 Å². The number of nitrogens with two attached hydrogens (primary N) is 1.